The van der Waals surface area contributed by atoms with Crippen LogP contribution in [-0.4, -0.2) is 57.8 Å². The second-order valence-corrected chi connectivity index (χ2v) is 6.66. The lowest BCUT2D eigenvalue weighted by Crippen LogP contribution is -2.58. The maximum Gasteiger partial charge on any atom is 0.256 e. The predicted molar refractivity (Wildman–Crippen MR) is 99.7 cm³/mol. The van der Waals surface area contributed by atoms with Gasteiger partial charge in [0.25, 0.3) is 5.17 Å². The molecule has 1 aliphatic heterocycles. The molecule has 26 heavy (non-hydrogen) atoms. The molecule has 146 valence electrons. The van der Waals surface area contributed by atoms with Gasteiger partial charge in [-0.05, 0) is 43.3 Å². The van der Waals surface area contributed by atoms with Gasteiger partial charge < -0.3 is 34.8 Å². The van der Waals surface area contributed by atoms with Crippen molar-refractivity contribution in [3.05, 3.63) is 29.8 Å². The van der Waals surface area contributed by atoms with Gasteiger partial charge in [-0.25, -0.2) is 0 Å². The van der Waals surface area contributed by atoms with Crippen LogP contribution in [0.5, 0.6) is 5.75 Å². The topological polar surface area (TPSA) is 100 Å². The molecule has 0 bridgehead atoms. The summed E-state index contributed by atoms with van der Waals surface area (Å²) in [5.41, 5.74) is 0.979. The molecule has 1 saturated heterocycles. The number of thiocarbonyl (C=S) groups is 1. The van der Waals surface area contributed by atoms with Crippen molar-refractivity contribution in [3.8, 4) is 5.75 Å². The van der Waals surface area contributed by atoms with Crippen molar-refractivity contribution in [2.75, 3.05) is 6.61 Å². The highest BCUT2D eigenvalue weighted by Gasteiger charge is 2.43. The van der Waals surface area contributed by atoms with Gasteiger partial charge in [0.2, 0.25) is 6.29 Å². The molecule has 0 spiro atoms. The van der Waals surface area contributed by atoms with Crippen LogP contribution < -0.4 is 10.1 Å². The molecule has 2 rings (SSSR count). The molecule has 0 unspecified atom stereocenters. The number of aliphatic hydroxyl groups is 3. The summed E-state index contributed by atoms with van der Waals surface area (Å²) < 4.78 is 16.4. The lowest BCUT2D eigenvalue weighted by atomic mass is 10.00. The van der Waals surface area contributed by atoms with Crippen molar-refractivity contribution in [1.29, 1.82) is 0 Å². The van der Waals surface area contributed by atoms with E-state index in [1.165, 1.54) is 0 Å². The predicted octanol–water partition coefficient (Wildman–Crippen LogP) is 1.08. The standard InChI is InChI=1S/C18H27NO6S/c1-3-4-9-23-18(26)19-10-12-5-7-13(8-6-12)25-17-16(22)15(21)14(20)11(2)24-17/h5-8,11,14-17,20-22H,3-4,9-10H2,1-2H3,(H,19,26)/t11-,14-,15+,16+,17-/m0/s1. The largest absolute Gasteiger partial charge is 0.471 e. The quantitative estimate of drug-likeness (QED) is 0.409. The van der Waals surface area contributed by atoms with Gasteiger partial charge in [0.1, 0.15) is 24.1 Å². The van der Waals surface area contributed by atoms with Crippen LogP contribution in [0.4, 0.5) is 0 Å². The molecule has 0 amide bonds. The van der Waals surface area contributed by atoms with Crippen molar-refractivity contribution in [2.24, 2.45) is 0 Å². The third-order valence-electron chi connectivity index (χ3n) is 4.15. The molecule has 0 saturated carbocycles. The summed E-state index contributed by atoms with van der Waals surface area (Å²) in [6.45, 7) is 4.83. The van der Waals surface area contributed by atoms with E-state index in [4.69, 9.17) is 26.4 Å². The lowest BCUT2D eigenvalue weighted by Gasteiger charge is -2.38. The smallest absolute Gasteiger partial charge is 0.256 e. The normalized spacial score (nSPS) is 28.4. The number of ether oxygens (including phenoxy) is 3. The monoisotopic (exact) mass is 385 g/mol. The number of hydrogen-bond acceptors (Lipinski definition) is 7. The van der Waals surface area contributed by atoms with Gasteiger partial charge in [0, 0.05) is 6.54 Å². The number of unbranched alkanes of at least 4 members (excludes halogenated alkanes) is 1. The zero-order valence-electron chi connectivity index (χ0n) is 15.0. The van der Waals surface area contributed by atoms with E-state index in [1.807, 2.05) is 12.1 Å². The fourth-order valence-electron chi connectivity index (χ4n) is 2.47. The molecular weight excluding hydrogens is 358 g/mol. The van der Waals surface area contributed by atoms with Crippen LogP contribution in [0.2, 0.25) is 0 Å². The molecule has 1 fully saturated rings. The Balaban J connectivity index is 1.83. The fraction of sp³-hybridized carbons (Fsp3) is 0.611. The molecule has 1 aliphatic rings. The van der Waals surface area contributed by atoms with Crippen LogP contribution in [0.3, 0.4) is 0 Å². The first-order chi connectivity index (χ1) is 12.4. The van der Waals surface area contributed by atoms with E-state index in [0.717, 1.165) is 18.4 Å². The molecule has 8 heteroatoms. The maximum atomic E-state index is 9.98. The minimum absolute atomic E-state index is 0.374. The van der Waals surface area contributed by atoms with E-state index < -0.39 is 30.7 Å². The van der Waals surface area contributed by atoms with Crippen LogP contribution in [-0.2, 0) is 16.0 Å². The van der Waals surface area contributed by atoms with Crippen molar-refractivity contribution in [1.82, 2.24) is 5.32 Å². The first-order valence-corrected chi connectivity index (χ1v) is 9.19. The van der Waals surface area contributed by atoms with Gasteiger partial charge in [-0.15, -0.1) is 0 Å². The molecule has 7 nitrogen and oxygen atoms in total. The number of nitrogens with one attached hydrogen (secondary N) is 1. The zero-order valence-corrected chi connectivity index (χ0v) is 15.8. The Morgan fingerprint density at radius 3 is 2.50 bits per heavy atom. The van der Waals surface area contributed by atoms with Gasteiger partial charge in [0.15, 0.2) is 0 Å². The van der Waals surface area contributed by atoms with Crippen molar-refractivity contribution >= 4 is 17.4 Å². The summed E-state index contributed by atoms with van der Waals surface area (Å²) in [5, 5.41) is 32.9. The Morgan fingerprint density at radius 2 is 1.85 bits per heavy atom. The third-order valence-corrected chi connectivity index (χ3v) is 4.41. The Bertz CT molecular complexity index is 569. The summed E-state index contributed by atoms with van der Waals surface area (Å²) in [6, 6.07) is 7.16. The average molecular weight is 385 g/mol. The molecule has 1 aromatic rings. The number of rotatable bonds is 7. The van der Waals surface area contributed by atoms with E-state index in [1.54, 1.807) is 19.1 Å². The van der Waals surface area contributed by atoms with Gasteiger partial charge in [-0.1, -0.05) is 25.5 Å². The molecule has 1 aromatic carbocycles. The molecule has 0 aromatic heterocycles. The molecular formula is C18H27NO6S. The Morgan fingerprint density at radius 1 is 1.15 bits per heavy atom. The van der Waals surface area contributed by atoms with Crippen molar-refractivity contribution in [2.45, 2.75) is 63.9 Å². The average Bonchev–Trinajstić information content (AvgIpc) is 2.64. The van der Waals surface area contributed by atoms with Gasteiger partial charge in [-0.2, -0.15) is 0 Å². The van der Waals surface area contributed by atoms with E-state index in [2.05, 4.69) is 12.2 Å². The highest BCUT2D eigenvalue weighted by Crippen LogP contribution is 2.24. The summed E-state index contributed by atoms with van der Waals surface area (Å²) in [5.74, 6) is 0.482. The number of aliphatic hydroxyl groups excluding tert-OH is 3. The Labute approximate surface area is 158 Å². The SMILES string of the molecule is CCCCOC(=S)NCc1ccc(O[C@@H]2O[C@@H](C)[C@H](O)[C@@H](O)[C@H]2O)cc1. The van der Waals surface area contributed by atoms with Crippen molar-refractivity contribution < 1.29 is 29.5 Å². The van der Waals surface area contributed by atoms with Gasteiger partial charge >= 0.3 is 0 Å². The minimum atomic E-state index is -1.33. The lowest BCUT2D eigenvalue weighted by molar-refractivity contribution is -0.268. The van der Waals surface area contributed by atoms with E-state index in [9.17, 15) is 15.3 Å². The Hall–Kier alpha value is -1.45. The summed E-state index contributed by atoms with van der Waals surface area (Å²) in [4.78, 5) is 0. The third kappa shape index (κ3) is 5.78. The summed E-state index contributed by atoms with van der Waals surface area (Å²) >= 11 is 5.10. The summed E-state index contributed by atoms with van der Waals surface area (Å²) in [6.07, 6.45) is -3.48. The van der Waals surface area contributed by atoms with Gasteiger partial charge in [-0.3, -0.25) is 0 Å². The van der Waals surface area contributed by atoms with Crippen LogP contribution in [0, 0.1) is 0 Å². The highest BCUT2D eigenvalue weighted by atomic mass is 32.1. The van der Waals surface area contributed by atoms with Crippen LogP contribution in [0.25, 0.3) is 0 Å². The zero-order chi connectivity index (χ0) is 19.1. The Kier molecular flexibility index (Phi) is 8.05. The molecule has 1 heterocycles. The molecule has 5 atom stereocenters. The number of benzene rings is 1. The molecule has 0 aliphatic carbocycles. The molecule has 0 radical (unpaired) electrons. The second-order valence-electron chi connectivity index (χ2n) is 6.29. The van der Waals surface area contributed by atoms with Crippen LogP contribution >= 0.6 is 12.2 Å². The first kappa shape index (κ1) is 20.9. The maximum absolute atomic E-state index is 9.98. The van der Waals surface area contributed by atoms with Crippen LogP contribution in [0.15, 0.2) is 24.3 Å². The highest BCUT2D eigenvalue weighted by molar-refractivity contribution is 7.80. The first-order valence-electron chi connectivity index (χ1n) is 8.78. The number of hydrogen-bond donors (Lipinski definition) is 4. The van der Waals surface area contributed by atoms with E-state index in [-0.39, 0.29) is 0 Å². The van der Waals surface area contributed by atoms with E-state index in [0.29, 0.717) is 24.1 Å². The fourth-order valence-corrected chi connectivity index (χ4v) is 2.62. The molecule has 4 N–H and O–H groups in total. The minimum Gasteiger partial charge on any atom is -0.471 e. The van der Waals surface area contributed by atoms with Crippen LogP contribution in [0.1, 0.15) is 32.3 Å². The van der Waals surface area contributed by atoms with E-state index >= 15 is 0 Å². The second kappa shape index (κ2) is 10.0. The van der Waals surface area contributed by atoms with Crippen molar-refractivity contribution in [3.63, 3.8) is 0 Å². The summed E-state index contributed by atoms with van der Waals surface area (Å²) in [7, 11) is 0. The van der Waals surface area contributed by atoms with Gasteiger partial charge in [0.05, 0.1) is 12.7 Å².